The van der Waals surface area contributed by atoms with Crippen molar-refractivity contribution in [2.45, 2.75) is 6.42 Å². The fourth-order valence-corrected chi connectivity index (χ4v) is 1.58. The zero-order valence-corrected chi connectivity index (χ0v) is 10.3. The largest absolute Gasteiger partial charge is 0.423 e. The van der Waals surface area contributed by atoms with Crippen molar-refractivity contribution in [3.05, 3.63) is 65.2 Å². The Morgan fingerprint density at radius 3 is 2.45 bits per heavy atom. The van der Waals surface area contributed by atoms with E-state index >= 15 is 0 Å². The lowest BCUT2D eigenvalue weighted by Gasteiger charge is -2.05. The number of hydrogen-bond donors (Lipinski definition) is 0. The van der Waals surface area contributed by atoms with Crippen LogP contribution in [-0.4, -0.2) is 5.97 Å². The van der Waals surface area contributed by atoms with Crippen molar-refractivity contribution in [3.8, 4) is 11.8 Å². The first kappa shape index (κ1) is 13.7. The fraction of sp³-hybridized carbons (Fsp3) is 0.0667. The Balaban J connectivity index is 2.13. The predicted octanol–water partition coefficient (Wildman–Crippen LogP) is 3.25. The summed E-state index contributed by atoms with van der Waals surface area (Å²) in [7, 11) is 0. The Morgan fingerprint density at radius 2 is 1.85 bits per heavy atom. The fourth-order valence-electron chi connectivity index (χ4n) is 1.58. The van der Waals surface area contributed by atoms with E-state index in [1.54, 1.807) is 12.1 Å². The molecule has 20 heavy (non-hydrogen) atoms. The third kappa shape index (κ3) is 3.18. The van der Waals surface area contributed by atoms with E-state index < -0.39 is 17.6 Å². The Hall–Kier alpha value is -2.74. The summed E-state index contributed by atoms with van der Waals surface area (Å²) in [6.07, 6.45) is 0.251. The molecule has 0 saturated heterocycles. The smallest absolute Gasteiger partial charge is 0.346 e. The number of esters is 1. The van der Waals surface area contributed by atoms with Crippen molar-refractivity contribution < 1.29 is 18.3 Å². The van der Waals surface area contributed by atoms with Gasteiger partial charge in [-0.15, -0.1) is 0 Å². The first-order chi connectivity index (χ1) is 9.60. The van der Waals surface area contributed by atoms with Crippen molar-refractivity contribution in [2.24, 2.45) is 0 Å². The van der Waals surface area contributed by atoms with Crippen molar-refractivity contribution in [1.29, 1.82) is 5.26 Å². The second-order valence-electron chi connectivity index (χ2n) is 3.99. The molecule has 0 amide bonds. The van der Waals surface area contributed by atoms with Gasteiger partial charge in [0.1, 0.15) is 17.4 Å². The van der Waals surface area contributed by atoms with Gasteiger partial charge in [-0.2, -0.15) is 5.26 Å². The Kier molecular flexibility index (Phi) is 4.06. The molecule has 0 aromatic heterocycles. The molecule has 100 valence electrons. The van der Waals surface area contributed by atoms with Crippen molar-refractivity contribution in [2.75, 3.05) is 0 Å². The number of hydrogen-bond acceptors (Lipinski definition) is 3. The molecular weight excluding hydrogens is 264 g/mol. The van der Waals surface area contributed by atoms with Crippen LogP contribution in [0.2, 0.25) is 0 Å². The van der Waals surface area contributed by atoms with Gasteiger partial charge in [-0.05, 0) is 29.8 Å². The number of halogens is 2. The number of nitrogens with zero attached hydrogens (tertiary/aromatic N) is 1. The average molecular weight is 273 g/mol. The maximum atomic E-state index is 13.4. The maximum Gasteiger partial charge on any atom is 0.346 e. The van der Waals surface area contributed by atoms with Gasteiger partial charge in [0.05, 0.1) is 18.1 Å². The van der Waals surface area contributed by atoms with Crippen molar-refractivity contribution in [3.63, 3.8) is 0 Å². The molecule has 2 rings (SSSR count). The lowest BCUT2D eigenvalue weighted by Crippen LogP contribution is -2.10. The summed E-state index contributed by atoms with van der Waals surface area (Å²) in [6.45, 7) is 0. The number of carbonyl (C=O) groups excluding carboxylic acids is 1. The first-order valence-electron chi connectivity index (χ1n) is 5.73. The zero-order chi connectivity index (χ0) is 14.5. The minimum Gasteiger partial charge on any atom is -0.423 e. The predicted molar refractivity (Wildman–Crippen MR) is 67.1 cm³/mol. The van der Waals surface area contributed by atoms with Gasteiger partial charge >= 0.3 is 5.97 Å². The van der Waals surface area contributed by atoms with Gasteiger partial charge in [0.2, 0.25) is 0 Å². The van der Waals surface area contributed by atoms with Gasteiger partial charge in [-0.25, -0.2) is 13.6 Å². The quantitative estimate of drug-likeness (QED) is 0.637. The normalized spacial score (nSPS) is 9.85. The number of ether oxygens (including phenoxy) is 1. The van der Waals surface area contributed by atoms with E-state index in [0.29, 0.717) is 6.07 Å². The van der Waals surface area contributed by atoms with Gasteiger partial charge in [0.25, 0.3) is 0 Å². The third-order valence-electron chi connectivity index (χ3n) is 2.57. The number of carbonyl (C=O) groups is 1. The molecule has 0 N–H and O–H groups in total. The number of nitriles is 1. The van der Waals surface area contributed by atoms with Crippen LogP contribution in [0.15, 0.2) is 42.5 Å². The van der Waals surface area contributed by atoms with E-state index in [9.17, 15) is 13.6 Å². The molecule has 0 saturated carbocycles. The molecule has 3 nitrogen and oxygen atoms in total. The second kappa shape index (κ2) is 5.93. The summed E-state index contributed by atoms with van der Waals surface area (Å²) in [5, 5.41) is 8.53. The summed E-state index contributed by atoms with van der Waals surface area (Å²) in [5.74, 6) is -2.42. The summed E-state index contributed by atoms with van der Waals surface area (Å²) in [4.78, 5) is 11.7. The Bertz CT molecular complexity index is 675. The maximum absolute atomic E-state index is 13.4. The SMILES string of the molecule is N#CCc1ccc(OC(=O)c2ccc(F)cc2F)cc1. The third-order valence-corrected chi connectivity index (χ3v) is 2.57. The van der Waals surface area contributed by atoms with E-state index in [-0.39, 0.29) is 17.7 Å². The van der Waals surface area contributed by atoms with Gasteiger partial charge in [0, 0.05) is 6.07 Å². The lowest BCUT2D eigenvalue weighted by molar-refractivity contribution is 0.0730. The van der Waals surface area contributed by atoms with Crippen molar-refractivity contribution in [1.82, 2.24) is 0 Å². The molecule has 2 aromatic carbocycles. The summed E-state index contributed by atoms with van der Waals surface area (Å²) >= 11 is 0. The van der Waals surface area contributed by atoms with Crippen LogP contribution >= 0.6 is 0 Å². The van der Waals surface area contributed by atoms with Crippen molar-refractivity contribution >= 4 is 5.97 Å². The summed E-state index contributed by atoms with van der Waals surface area (Å²) < 4.78 is 31.1. The number of benzene rings is 2. The molecule has 0 spiro atoms. The summed E-state index contributed by atoms with van der Waals surface area (Å²) in [5.41, 5.74) is 0.438. The highest BCUT2D eigenvalue weighted by Crippen LogP contribution is 2.16. The van der Waals surface area contributed by atoms with Crippen LogP contribution in [0.1, 0.15) is 15.9 Å². The molecule has 0 aliphatic heterocycles. The summed E-state index contributed by atoms with van der Waals surface area (Å²) in [6, 6.07) is 10.9. The van der Waals surface area contributed by atoms with E-state index in [1.807, 2.05) is 6.07 Å². The van der Waals surface area contributed by atoms with E-state index in [1.165, 1.54) is 12.1 Å². The Morgan fingerprint density at radius 1 is 1.15 bits per heavy atom. The van der Waals surface area contributed by atoms with Gasteiger partial charge in [0.15, 0.2) is 0 Å². The standard InChI is InChI=1S/C15H9F2NO2/c16-11-3-6-13(14(17)9-11)15(19)20-12-4-1-10(2-5-12)7-8-18/h1-6,9H,7H2. The van der Waals surface area contributed by atoms with Crippen LogP contribution in [0.4, 0.5) is 8.78 Å². The molecule has 0 atom stereocenters. The van der Waals surface area contributed by atoms with Crippen LogP contribution in [-0.2, 0) is 6.42 Å². The number of rotatable bonds is 3. The zero-order valence-electron chi connectivity index (χ0n) is 10.3. The molecule has 0 aliphatic rings. The van der Waals surface area contributed by atoms with Gasteiger partial charge < -0.3 is 4.74 Å². The molecule has 0 radical (unpaired) electrons. The molecule has 2 aromatic rings. The van der Waals surface area contributed by atoms with Crippen LogP contribution in [0.5, 0.6) is 5.75 Å². The average Bonchev–Trinajstić information content (AvgIpc) is 2.41. The molecule has 0 unspecified atom stereocenters. The highest BCUT2D eigenvalue weighted by Gasteiger charge is 2.14. The van der Waals surface area contributed by atoms with E-state index in [2.05, 4.69) is 0 Å². The molecule has 0 fully saturated rings. The van der Waals surface area contributed by atoms with Crippen LogP contribution in [0.3, 0.4) is 0 Å². The van der Waals surface area contributed by atoms with E-state index in [4.69, 9.17) is 10.00 Å². The second-order valence-corrected chi connectivity index (χ2v) is 3.99. The molecular formula is C15H9F2NO2. The monoisotopic (exact) mass is 273 g/mol. The molecule has 0 aliphatic carbocycles. The highest BCUT2D eigenvalue weighted by molar-refractivity contribution is 5.91. The highest BCUT2D eigenvalue weighted by atomic mass is 19.1. The molecule has 0 heterocycles. The van der Waals surface area contributed by atoms with Gasteiger partial charge in [-0.3, -0.25) is 0 Å². The minimum absolute atomic E-state index is 0.223. The minimum atomic E-state index is -0.976. The first-order valence-corrected chi connectivity index (χ1v) is 5.73. The van der Waals surface area contributed by atoms with Crippen LogP contribution in [0, 0.1) is 23.0 Å². The molecule has 5 heteroatoms. The van der Waals surface area contributed by atoms with Gasteiger partial charge in [-0.1, -0.05) is 12.1 Å². The van der Waals surface area contributed by atoms with Crippen LogP contribution < -0.4 is 4.74 Å². The topological polar surface area (TPSA) is 50.1 Å². The lowest BCUT2D eigenvalue weighted by atomic mass is 10.1. The van der Waals surface area contributed by atoms with E-state index in [0.717, 1.165) is 17.7 Å². The molecule has 0 bridgehead atoms. The Labute approximate surface area is 114 Å². The van der Waals surface area contributed by atoms with Crippen LogP contribution in [0.25, 0.3) is 0 Å².